The molecule has 312 valence electrons. The number of aromatic nitrogens is 3. The first-order chi connectivity index (χ1) is 29.2. The van der Waals surface area contributed by atoms with E-state index in [1.165, 1.54) is 21.3 Å². The van der Waals surface area contributed by atoms with E-state index in [2.05, 4.69) is 68.7 Å². The van der Waals surface area contributed by atoms with Crippen LogP contribution in [-0.4, -0.2) is 74.3 Å². The van der Waals surface area contributed by atoms with E-state index in [0.717, 1.165) is 66.1 Å². The van der Waals surface area contributed by atoms with E-state index >= 15 is 0 Å². The topological polar surface area (TPSA) is 121 Å². The van der Waals surface area contributed by atoms with Gasteiger partial charge in [-0.2, -0.15) is 0 Å². The summed E-state index contributed by atoms with van der Waals surface area (Å²) in [6.07, 6.45) is 8.61. The van der Waals surface area contributed by atoms with Crippen LogP contribution in [0.5, 0.6) is 17.2 Å². The Morgan fingerprint density at radius 1 is 0.417 bits per heavy atom. The summed E-state index contributed by atoms with van der Waals surface area (Å²) in [6, 6.07) is 24.5. The van der Waals surface area contributed by atoms with Crippen LogP contribution in [0.2, 0.25) is 0 Å². The molecule has 0 fully saturated rings. The third-order valence-corrected chi connectivity index (χ3v) is 11.3. The molecule has 0 atom stereocenters. The van der Waals surface area contributed by atoms with Gasteiger partial charge < -0.3 is 42.1 Å². The summed E-state index contributed by atoms with van der Waals surface area (Å²) < 4.78 is 40.7. The number of esters is 3. The van der Waals surface area contributed by atoms with Gasteiger partial charge in [0.05, 0.1) is 79.0 Å². The Hall–Kier alpha value is -6.69. The van der Waals surface area contributed by atoms with Crippen LogP contribution in [0.4, 0.5) is 0 Å². The lowest BCUT2D eigenvalue weighted by atomic mass is 9.98. The molecule has 0 bridgehead atoms. The Balaban J connectivity index is 1.43. The second-order valence-corrected chi connectivity index (χ2v) is 14.7. The Labute approximate surface area is 349 Å². The van der Waals surface area contributed by atoms with Crippen LogP contribution in [0.15, 0.2) is 91.4 Å². The highest BCUT2D eigenvalue weighted by atomic mass is 16.5. The quantitative estimate of drug-likeness (QED) is 0.0626. The minimum Gasteiger partial charge on any atom is -0.496 e. The Morgan fingerprint density at radius 2 is 0.683 bits per heavy atom. The molecule has 12 heteroatoms. The number of fused-ring (bicyclic) bond motifs is 3. The number of methoxy groups -OCH3 is 6. The fraction of sp³-hybridized carbons (Fsp3) is 0.312. The molecule has 0 radical (unpaired) electrons. The van der Waals surface area contributed by atoms with Crippen LogP contribution in [0, 0.1) is 0 Å². The third-order valence-electron chi connectivity index (χ3n) is 11.3. The van der Waals surface area contributed by atoms with Crippen molar-refractivity contribution in [2.45, 2.75) is 58.2 Å². The number of carbonyl (C=O) groups is 3. The summed E-state index contributed by atoms with van der Waals surface area (Å²) >= 11 is 0. The first-order valence-electron chi connectivity index (χ1n) is 20.0. The van der Waals surface area contributed by atoms with Gasteiger partial charge in [0, 0.05) is 70.6 Å². The number of nitrogens with zero attached hydrogens (tertiary/aromatic N) is 3. The van der Waals surface area contributed by atoms with Crippen molar-refractivity contribution in [1.82, 2.24) is 13.7 Å². The van der Waals surface area contributed by atoms with E-state index in [1.807, 2.05) is 36.4 Å². The normalized spacial score (nSPS) is 11.3. The molecule has 0 aliphatic rings. The summed E-state index contributed by atoms with van der Waals surface area (Å²) in [5, 5.41) is 3.14. The second-order valence-electron chi connectivity index (χ2n) is 14.7. The van der Waals surface area contributed by atoms with Gasteiger partial charge in [-0.05, 0) is 54.2 Å². The lowest BCUT2D eigenvalue weighted by Crippen LogP contribution is -2.14. The average molecular weight is 814 g/mol. The SMILES string of the molecule is COC(=O)CCc1cn(Cc2c(OC)c(Cn3cc(CCC(=O)OC)c4ccccc43)c(OC)c(Cn3cc(CCC(=O)OC)c4ccccc43)c2OC)c2ccccc12. The van der Waals surface area contributed by atoms with Gasteiger partial charge in [0.15, 0.2) is 0 Å². The molecule has 0 saturated carbocycles. The first kappa shape index (κ1) is 41.5. The van der Waals surface area contributed by atoms with Crippen molar-refractivity contribution in [3.63, 3.8) is 0 Å². The monoisotopic (exact) mass is 813 g/mol. The van der Waals surface area contributed by atoms with Gasteiger partial charge in [0.25, 0.3) is 0 Å². The first-order valence-corrected chi connectivity index (χ1v) is 20.0. The molecule has 4 aromatic carbocycles. The van der Waals surface area contributed by atoms with Crippen molar-refractivity contribution in [2.24, 2.45) is 0 Å². The van der Waals surface area contributed by atoms with Crippen LogP contribution >= 0.6 is 0 Å². The second kappa shape index (κ2) is 18.5. The average Bonchev–Trinajstić information content (AvgIpc) is 3.94. The van der Waals surface area contributed by atoms with Crippen LogP contribution in [0.3, 0.4) is 0 Å². The van der Waals surface area contributed by atoms with Crippen molar-refractivity contribution >= 4 is 50.6 Å². The van der Waals surface area contributed by atoms with Crippen molar-refractivity contribution in [3.05, 3.63) is 125 Å². The van der Waals surface area contributed by atoms with Crippen LogP contribution in [-0.2, 0) is 67.5 Å². The molecule has 7 rings (SSSR count). The van der Waals surface area contributed by atoms with Gasteiger partial charge in [-0.3, -0.25) is 14.4 Å². The zero-order valence-electron chi connectivity index (χ0n) is 35.0. The summed E-state index contributed by atoms with van der Waals surface area (Å²) in [7, 11) is 9.21. The molecule has 0 saturated heterocycles. The predicted molar refractivity (Wildman–Crippen MR) is 230 cm³/mol. The fourth-order valence-electron chi connectivity index (χ4n) is 8.51. The summed E-state index contributed by atoms with van der Waals surface area (Å²) in [5.41, 5.74) is 8.52. The minimum absolute atomic E-state index is 0.257. The number of hydrogen-bond acceptors (Lipinski definition) is 9. The molecule has 0 N–H and O–H groups in total. The highest BCUT2D eigenvalue weighted by molar-refractivity contribution is 5.87. The van der Waals surface area contributed by atoms with E-state index in [4.69, 9.17) is 28.4 Å². The summed E-state index contributed by atoms with van der Waals surface area (Å²) in [4.78, 5) is 36.7. The molecule has 60 heavy (non-hydrogen) atoms. The zero-order chi connectivity index (χ0) is 42.3. The molecule has 0 aliphatic carbocycles. The maximum atomic E-state index is 12.2. The van der Waals surface area contributed by atoms with Gasteiger partial charge >= 0.3 is 17.9 Å². The zero-order valence-corrected chi connectivity index (χ0v) is 35.0. The van der Waals surface area contributed by atoms with Gasteiger partial charge in [-0.15, -0.1) is 0 Å². The lowest BCUT2D eigenvalue weighted by Gasteiger charge is -2.25. The molecule has 0 amide bonds. The number of para-hydroxylation sites is 3. The highest BCUT2D eigenvalue weighted by Crippen LogP contribution is 2.46. The molecule has 0 spiro atoms. The van der Waals surface area contributed by atoms with Crippen molar-refractivity contribution in [1.29, 1.82) is 0 Å². The molecular weight excluding hydrogens is 763 g/mol. The lowest BCUT2D eigenvalue weighted by molar-refractivity contribution is -0.141. The number of rotatable bonds is 18. The molecule has 3 heterocycles. The number of ether oxygens (including phenoxy) is 6. The van der Waals surface area contributed by atoms with Crippen LogP contribution < -0.4 is 14.2 Å². The molecule has 7 aromatic rings. The largest absolute Gasteiger partial charge is 0.496 e. The predicted octanol–water partition coefficient (Wildman–Crippen LogP) is 8.04. The Bertz CT molecular complexity index is 2370. The number of carbonyl (C=O) groups excluding carboxylic acids is 3. The van der Waals surface area contributed by atoms with Gasteiger partial charge in [-0.1, -0.05) is 54.6 Å². The number of benzene rings is 4. The van der Waals surface area contributed by atoms with E-state index in [1.54, 1.807) is 21.3 Å². The maximum Gasteiger partial charge on any atom is 0.305 e. The van der Waals surface area contributed by atoms with Crippen LogP contribution in [0.25, 0.3) is 32.7 Å². The third kappa shape index (κ3) is 8.27. The van der Waals surface area contributed by atoms with E-state index in [0.29, 0.717) is 56.1 Å². The molecule has 0 aliphatic heterocycles. The fourth-order valence-corrected chi connectivity index (χ4v) is 8.51. The van der Waals surface area contributed by atoms with Gasteiger partial charge in [0.1, 0.15) is 17.2 Å². The number of hydrogen-bond donors (Lipinski definition) is 0. The summed E-state index contributed by atoms with van der Waals surface area (Å²) in [5.74, 6) is 1.05. The molecule has 0 unspecified atom stereocenters. The van der Waals surface area contributed by atoms with E-state index < -0.39 is 0 Å². The smallest absolute Gasteiger partial charge is 0.305 e. The highest BCUT2D eigenvalue weighted by Gasteiger charge is 2.29. The molecule has 12 nitrogen and oxygen atoms in total. The van der Waals surface area contributed by atoms with Crippen molar-refractivity contribution in [2.75, 3.05) is 42.7 Å². The minimum atomic E-state index is -0.267. The van der Waals surface area contributed by atoms with E-state index in [-0.39, 0.29) is 37.2 Å². The van der Waals surface area contributed by atoms with E-state index in [9.17, 15) is 14.4 Å². The van der Waals surface area contributed by atoms with Gasteiger partial charge in [-0.25, -0.2) is 0 Å². The molecule has 3 aromatic heterocycles. The van der Waals surface area contributed by atoms with Crippen molar-refractivity contribution < 1.29 is 42.8 Å². The number of aryl methyl sites for hydroxylation is 3. The standard InChI is InChI=1S/C48H51N3O9/c1-55-43(52)22-19-31-25-49(40-16-10-7-13-34(31)40)28-37-46(58-4)38(29-50-26-32(20-23-44(53)56-2)35-14-8-11-17-41(35)50)48(60-6)39(47(37)59-5)30-51-27-33(21-24-45(54)57-3)36-15-9-12-18-42(36)51/h7-18,25-27H,19-24,28-30H2,1-6H3. The van der Waals surface area contributed by atoms with Crippen LogP contribution in [0.1, 0.15) is 52.6 Å². The van der Waals surface area contributed by atoms with Gasteiger partial charge in [0.2, 0.25) is 0 Å². The molecular formula is C48H51N3O9. The maximum absolute atomic E-state index is 12.2. The van der Waals surface area contributed by atoms with Crippen molar-refractivity contribution in [3.8, 4) is 17.2 Å². The Kier molecular flexibility index (Phi) is 12.8. The summed E-state index contributed by atoms with van der Waals surface area (Å²) in [6.45, 7) is 1.13. The Morgan fingerprint density at radius 3 is 0.933 bits per heavy atom.